The van der Waals surface area contributed by atoms with Crippen LogP contribution in [0.2, 0.25) is 0 Å². The maximum absolute atomic E-state index is 12.3. The molecule has 1 N–H and O–H groups in total. The number of ether oxygens (including phenoxy) is 3. The van der Waals surface area contributed by atoms with Crippen molar-refractivity contribution in [3.63, 3.8) is 0 Å². The summed E-state index contributed by atoms with van der Waals surface area (Å²) in [6, 6.07) is 0. The van der Waals surface area contributed by atoms with E-state index in [4.69, 9.17) is 14.2 Å². The lowest BCUT2D eigenvalue weighted by Crippen LogP contribution is -2.48. The fraction of sp³-hybridized carbons (Fsp3) is 0.619. The molecule has 3 atom stereocenters. The van der Waals surface area contributed by atoms with Gasteiger partial charge in [0, 0.05) is 30.9 Å². The summed E-state index contributed by atoms with van der Waals surface area (Å²) in [4.78, 5) is 47.5. The molecule has 0 saturated heterocycles. The molecule has 0 saturated carbocycles. The molecule has 0 aliphatic heterocycles. The van der Waals surface area contributed by atoms with Crippen molar-refractivity contribution in [2.75, 3.05) is 0 Å². The normalized spacial score (nSPS) is 21.9. The monoisotopic (exact) mass is 410 g/mol. The SMILES string of the molecule is CC=C(C)C(=O)OC1C(OC(=O)CCCC(C)C)C=C(C(=O)O)CC1OC(C)=O. The summed E-state index contributed by atoms with van der Waals surface area (Å²) in [6.07, 6.45) is 0.854. The number of carboxylic acid groups (broad SMARTS) is 1. The molecule has 1 rings (SSSR count). The number of allylic oxidation sites excluding steroid dienone is 1. The summed E-state index contributed by atoms with van der Waals surface area (Å²) in [6.45, 7) is 8.46. The third-order valence-corrected chi connectivity index (χ3v) is 4.50. The van der Waals surface area contributed by atoms with Crippen LogP contribution in [-0.4, -0.2) is 47.3 Å². The summed E-state index contributed by atoms with van der Waals surface area (Å²) < 4.78 is 16.1. The van der Waals surface area contributed by atoms with E-state index >= 15 is 0 Å². The lowest BCUT2D eigenvalue weighted by atomic mass is 9.91. The zero-order chi connectivity index (χ0) is 22.1. The van der Waals surface area contributed by atoms with Crippen molar-refractivity contribution in [3.05, 3.63) is 23.3 Å². The molecule has 0 aromatic rings. The molecule has 1 aliphatic rings. The summed E-state index contributed by atoms with van der Waals surface area (Å²) in [5, 5.41) is 9.37. The molecule has 0 bridgehead atoms. The highest BCUT2D eigenvalue weighted by molar-refractivity contribution is 5.89. The number of carbonyl (C=O) groups excluding carboxylic acids is 3. The minimum Gasteiger partial charge on any atom is -0.478 e. The molecule has 0 heterocycles. The van der Waals surface area contributed by atoms with E-state index in [-0.39, 0.29) is 18.4 Å². The molecule has 0 aromatic heterocycles. The molecular formula is C21H30O8. The smallest absolute Gasteiger partial charge is 0.333 e. The molecule has 3 unspecified atom stereocenters. The second kappa shape index (κ2) is 11.4. The molecular weight excluding hydrogens is 380 g/mol. The van der Waals surface area contributed by atoms with E-state index in [1.54, 1.807) is 19.9 Å². The average Bonchev–Trinajstić information content (AvgIpc) is 2.62. The van der Waals surface area contributed by atoms with E-state index in [9.17, 15) is 24.3 Å². The van der Waals surface area contributed by atoms with Crippen molar-refractivity contribution in [3.8, 4) is 0 Å². The third-order valence-electron chi connectivity index (χ3n) is 4.50. The van der Waals surface area contributed by atoms with Gasteiger partial charge in [0.15, 0.2) is 12.2 Å². The van der Waals surface area contributed by atoms with Crippen molar-refractivity contribution < 1.29 is 38.5 Å². The number of carboxylic acids is 1. The van der Waals surface area contributed by atoms with Gasteiger partial charge in [-0.25, -0.2) is 9.59 Å². The number of rotatable bonds is 9. The van der Waals surface area contributed by atoms with Gasteiger partial charge in [-0.1, -0.05) is 26.3 Å². The van der Waals surface area contributed by atoms with Crippen LogP contribution in [0.4, 0.5) is 0 Å². The lowest BCUT2D eigenvalue weighted by molar-refractivity contribution is -0.180. The largest absolute Gasteiger partial charge is 0.478 e. The first-order chi connectivity index (χ1) is 13.5. The van der Waals surface area contributed by atoms with E-state index in [0.29, 0.717) is 17.9 Å². The van der Waals surface area contributed by atoms with Crippen LogP contribution in [0.3, 0.4) is 0 Å². The Morgan fingerprint density at radius 1 is 1.17 bits per heavy atom. The van der Waals surface area contributed by atoms with Crippen molar-refractivity contribution in [2.24, 2.45) is 5.92 Å². The van der Waals surface area contributed by atoms with E-state index in [0.717, 1.165) is 6.42 Å². The maximum atomic E-state index is 12.3. The highest BCUT2D eigenvalue weighted by Crippen LogP contribution is 2.28. The number of carbonyl (C=O) groups is 4. The zero-order valence-corrected chi connectivity index (χ0v) is 17.6. The Kier molecular flexibility index (Phi) is 9.58. The number of hydrogen-bond acceptors (Lipinski definition) is 7. The van der Waals surface area contributed by atoms with Crippen LogP contribution in [0, 0.1) is 5.92 Å². The van der Waals surface area contributed by atoms with Crippen LogP contribution in [-0.2, 0) is 33.4 Å². The quantitative estimate of drug-likeness (QED) is 0.350. The fourth-order valence-electron chi connectivity index (χ4n) is 2.83. The Hall–Kier alpha value is -2.64. The number of hydrogen-bond donors (Lipinski definition) is 1. The van der Waals surface area contributed by atoms with Gasteiger partial charge >= 0.3 is 23.9 Å². The standard InChI is InChI=1S/C21H30O8/c1-6-13(4)21(26)29-19-16(27-14(5)22)10-15(20(24)25)11-17(19)28-18(23)9-7-8-12(2)3/h6,11-12,16-17,19H,7-10H2,1-5H3,(H,24,25). The van der Waals surface area contributed by atoms with Gasteiger partial charge in [-0.3, -0.25) is 9.59 Å². The summed E-state index contributed by atoms with van der Waals surface area (Å²) in [7, 11) is 0. The highest BCUT2D eigenvalue weighted by Gasteiger charge is 2.42. The van der Waals surface area contributed by atoms with Crippen molar-refractivity contribution in [1.29, 1.82) is 0 Å². The third kappa shape index (κ3) is 8.09. The lowest BCUT2D eigenvalue weighted by Gasteiger charge is -2.34. The minimum atomic E-state index is -1.22. The Bertz CT molecular complexity index is 689. The van der Waals surface area contributed by atoms with Crippen LogP contribution < -0.4 is 0 Å². The van der Waals surface area contributed by atoms with E-state index in [1.165, 1.54) is 13.0 Å². The molecule has 162 valence electrons. The van der Waals surface area contributed by atoms with Crippen LogP contribution in [0.25, 0.3) is 0 Å². The predicted octanol–water partition coefficient (Wildman–Crippen LogP) is 2.95. The summed E-state index contributed by atoms with van der Waals surface area (Å²) in [5.74, 6) is -2.65. The first-order valence-electron chi connectivity index (χ1n) is 9.69. The molecule has 29 heavy (non-hydrogen) atoms. The molecule has 0 amide bonds. The van der Waals surface area contributed by atoms with Gasteiger partial charge in [0.2, 0.25) is 0 Å². The molecule has 8 heteroatoms. The zero-order valence-electron chi connectivity index (χ0n) is 17.6. The van der Waals surface area contributed by atoms with Gasteiger partial charge in [-0.05, 0) is 32.3 Å². The van der Waals surface area contributed by atoms with Crippen molar-refractivity contribution in [2.45, 2.75) is 78.6 Å². The van der Waals surface area contributed by atoms with Gasteiger partial charge in [-0.2, -0.15) is 0 Å². The second-order valence-electron chi connectivity index (χ2n) is 7.43. The molecule has 0 spiro atoms. The second-order valence-corrected chi connectivity index (χ2v) is 7.43. The fourth-order valence-corrected chi connectivity index (χ4v) is 2.83. The minimum absolute atomic E-state index is 0.0775. The first kappa shape index (κ1) is 24.4. The van der Waals surface area contributed by atoms with Crippen molar-refractivity contribution in [1.82, 2.24) is 0 Å². The molecule has 0 radical (unpaired) electrons. The highest BCUT2D eigenvalue weighted by atomic mass is 16.6. The van der Waals surface area contributed by atoms with Gasteiger partial charge < -0.3 is 19.3 Å². The number of esters is 3. The first-order valence-corrected chi connectivity index (χ1v) is 9.69. The molecule has 8 nitrogen and oxygen atoms in total. The molecule has 1 aliphatic carbocycles. The summed E-state index contributed by atoms with van der Waals surface area (Å²) >= 11 is 0. The number of aliphatic carboxylic acids is 1. The predicted molar refractivity (Wildman–Crippen MR) is 104 cm³/mol. The average molecular weight is 410 g/mol. The van der Waals surface area contributed by atoms with Crippen LogP contribution in [0.5, 0.6) is 0 Å². The molecule has 0 fully saturated rings. The Morgan fingerprint density at radius 2 is 1.83 bits per heavy atom. The Balaban J connectivity index is 3.10. The van der Waals surface area contributed by atoms with Crippen LogP contribution in [0.15, 0.2) is 23.3 Å². The van der Waals surface area contributed by atoms with Crippen LogP contribution in [0.1, 0.15) is 60.3 Å². The van der Waals surface area contributed by atoms with E-state index in [2.05, 4.69) is 0 Å². The topological polar surface area (TPSA) is 116 Å². The van der Waals surface area contributed by atoms with Gasteiger partial charge in [0.1, 0.15) is 6.10 Å². The van der Waals surface area contributed by atoms with E-state index < -0.39 is 42.2 Å². The Labute approximate surface area is 170 Å². The van der Waals surface area contributed by atoms with Gasteiger partial charge in [0.05, 0.1) is 0 Å². The van der Waals surface area contributed by atoms with Crippen LogP contribution >= 0.6 is 0 Å². The van der Waals surface area contributed by atoms with Gasteiger partial charge in [0.25, 0.3) is 0 Å². The van der Waals surface area contributed by atoms with Gasteiger partial charge in [-0.15, -0.1) is 0 Å². The Morgan fingerprint density at radius 3 is 2.34 bits per heavy atom. The van der Waals surface area contributed by atoms with E-state index in [1.807, 2.05) is 13.8 Å². The van der Waals surface area contributed by atoms with Crippen molar-refractivity contribution >= 4 is 23.9 Å². The maximum Gasteiger partial charge on any atom is 0.333 e. The molecule has 0 aromatic carbocycles. The summed E-state index contributed by atoms with van der Waals surface area (Å²) in [5.41, 5.74) is 0.243.